The zero-order valence-corrected chi connectivity index (χ0v) is 15.9. The zero-order chi connectivity index (χ0) is 17.6. The van der Waals surface area contributed by atoms with Crippen molar-refractivity contribution < 1.29 is 0 Å². The third kappa shape index (κ3) is 5.12. The van der Waals surface area contributed by atoms with Crippen molar-refractivity contribution in [3.63, 3.8) is 0 Å². The molecular formula is C16H19ClN6S2. The Morgan fingerprint density at radius 2 is 2.04 bits per heavy atom. The number of nitrogens with zero attached hydrogens (tertiary/aromatic N) is 4. The van der Waals surface area contributed by atoms with Gasteiger partial charge in [-0.2, -0.15) is 5.10 Å². The molecule has 3 rings (SSSR count). The predicted molar refractivity (Wildman–Crippen MR) is 109 cm³/mol. The second-order valence-electron chi connectivity index (χ2n) is 5.64. The van der Waals surface area contributed by atoms with Crippen LogP contribution in [-0.2, 0) is 6.54 Å². The molecule has 1 aliphatic rings. The van der Waals surface area contributed by atoms with Gasteiger partial charge in [-0.3, -0.25) is 10.3 Å². The van der Waals surface area contributed by atoms with E-state index in [-0.39, 0.29) is 5.11 Å². The van der Waals surface area contributed by atoms with Gasteiger partial charge in [-0.05, 0) is 17.8 Å². The smallest absolute Gasteiger partial charge is 0.187 e. The minimum Gasteiger partial charge on any atom is -0.375 e. The van der Waals surface area contributed by atoms with Crippen LogP contribution in [0.25, 0.3) is 0 Å². The van der Waals surface area contributed by atoms with Crippen molar-refractivity contribution in [2.24, 2.45) is 10.8 Å². The van der Waals surface area contributed by atoms with Gasteiger partial charge in [-0.25, -0.2) is 4.98 Å². The van der Waals surface area contributed by atoms with E-state index >= 15 is 0 Å². The number of thiazole rings is 1. The highest BCUT2D eigenvalue weighted by molar-refractivity contribution is 7.80. The van der Waals surface area contributed by atoms with E-state index in [1.54, 1.807) is 0 Å². The molecule has 2 aromatic rings. The summed E-state index contributed by atoms with van der Waals surface area (Å²) in [6, 6.07) is 10.5. The Kier molecular flexibility index (Phi) is 6.19. The largest absolute Gasteiger partial charge is 0.375 e. The molecule has 3 N–H and O–H groups in total. The van der Waals surface area contributed by atoms with Crippen LogP contribution in [0, 0.1) is 0 Å². The van der Waals surface area contributed by atoms with Crippen LogP contribution < -0.4 is 16.1 Å². The molecule has 0 amide bonds. The maximum Gasteiger partial charge on any atom is 0.187 e. The number of thiocarbonyl (C=S) groups is 1. The summed E-state index contributed by atoms with van der Waals surface area (Å²) >= 11 is 12.4. The fourth-order valence-corrected chi connectivity index (χ4v) is 3.78. The molecule has 0 radical (unpaired) electrons. The van der Waals surface area contributed by atoms with Crippen LogP contribution in [0.3, 0.4) is 0 Å². The number of benzene rings is 1. The Labute approximate surface area is 161 Å². The summed E-state index contributed by atoms with van der Waals surface area (Å²) in [6.45, 7) is 4.84. The van der Waals surface area contributed by atoms with Gasteiger partial charge in [0.15, 0.2) is 10.2 Å². The number of halogens is 1. The zero-order valence-electron chi connectivity index (χ0n) is 13.6. The predicted octanol–water partition coefficient (Wildman–Crippen LogP) is 2.29. The summed E-state index contributed by atoms with van der Waals surface area (Å²) in [5.74, 6) is 0. The Hall–Kier alpha value is -1.74. The monoisotopic (exact) mass is 394 g/mol. The summed E-state index contributed by atoms with van der Waals surface area (Å²) in [6.07, 6.45) is 1.53. The number of nitrogens with one attached hydrogen (secondary N) is 1. The molecular weight excluding hydrogens is 376 g/mol. The quantitative estimate of drug-likeness (QED) is 0.460. The van der Waals surface area contributed by atoms with E-state index < -0.39 is 0 Å². The summed E-state index contributed by atoms with van der Waals surface area (Å²) in [5.41, 5.74) is 9.80. The first kappa shape index (κ1) is 18.1. The second kappa shape index (κ2) is 8.57. The molecule has 0 spiro atoms. The Bertz CT molecular complexity index is 740. The van der Waals surface area contributed by atoms with Crippen LogP contribution in [-0.4, -0.2) is 47.4 Å². The van der Waals surface area contributed by atoms with Crippen molar-refractivity contribution >= 4 is 51.6 Å². The summed E-state index contributed by atoms with van der Waals surface area (Å²) in [7, 11) is 0. The maximum absolute atomic E-state index is 6.25. The van der Waals surface area contributed by atoms with Crippen LogP contribution in [0.15, 0.2) is 35.4 Å². The van der Waals surface area contributed by atoms with Crippen LogP contribution in [0.2, 0.25) is 4.34 Å². The number of rotatable bonds is 5. The van der Waals surface area contributed by atoms with Gasteiger partial charge in [-0.15, -0.1) is 0 Å². The van der Waals surface area contributed by atoms with Crippen molar-refractivity contribution in [1.82, 2.24) is 15.3 Å². The Morgan fingerprint density at radius 1 is 1.32 bits per heavy atom. The lowest BCUT2D eigenvalue weighted by atomic mass is 10.2. The normalized spacial score (nSPS) is 15.6. The molecule has 2 heterocycles. The van der Waals surface area contributed by atoms with Crippen molar-refractivity contribution in [1.29, 1.82) is 0 Å². The minimum absolute atomic E-state index is 0.109. The van der Waals surface area contributed by atoms with E-state index in [1.165, 1.54) is 23.1 Å². The average Bonchev–Trinajstić information content (AvgIpc) is 2.97. The molecule has 1 fully saturated rings. The lowest BCUT2D eigenvalue weighted by Crippen LogP contribution is -2.45. The van der Waals surface area contributed by atoms with Gasteiger partial charge >= 0.3 is 0 Å². The van der Waals surface area contributed by atoms with E-state index in [9.17, 15) is 0 Å². The van der Waals surface area contributed by atoms with Crippen LogP contribution >= 0.6 is 35.2 Å². The van der Waals surface area contributed by atoms with Gasteiger partial charge < -0.3 is 10.6 Å². The standard InChI is InChI=1S/C16H19ClN6S2/c17-14-13(10-19-21-15(18)24)20-16(25-14)23-8-6-22(7-9-23)11-12-4-2-1-3-5-12/h1-5,10H,6-9,11H2,(H3,18,21,24). The molecule has 1 aliphatic heterocycles. The molecule has 132 valence electrons. The summed E-state index contributed by atoms with van der Waals surface area (Å²) in [4.78, 5) is 9.27. The van der Waals surface area contributed by atoms with Gasteiger partial charge in [0.2, 0.25) is 0 Å². The molecule has 1 saturated heterocycles. The van der Waals surface area contributed by atoms with Crippen LogP contribution in [0.4, 0.5) is 5.13 Å². The van der Waals surface area contributed by atoms with E-state index in [2.05, 4.69) is 49.6 Å². The molecule has 25 heavy (non-hydrogen) atoms. The highest BCUT2D eigenvalue weighted by Crippen LogP contribution is 2.30. The topological polar surface area (TPSA) is 69.8 Å². The molecule has 9 heteroatoms. The number of anilines is 1. The van der Waals surface area contributed by atoms with Crippen molar-refractivity contribution in [2.45, 2.75) is 6.54 Å². The summed E-state index contributed by atoms with van der Waals surface area (Å²) < 4.78 is 0.607. The van der Waals surface area contributed by atoms with Gasteiger partial charge in [0.1, 0.15) is 10.0 Å². The molecule has 0 atom stereocenters. The van der Waals surface area contributed by atoms with Gasteiger partial charge in [0.25, 0.3) is 0 Å². The SMILES string of the molecule is NC(=S)NN=Cc1nc(N2CCN(Cc3ccccc3)CC2)sc1Cl. The Morgan fingerprint density at radius 3 is 2.72 bits per heavy atom. The lowest BCUT2D eigenvalue weighted by Gasteiger charge is -2.34. The van der Waals surface area contributed by atoms with Gasteiger partial charge in [-0.1, -0.05) is 53.3 Å². The summed E-state index contributed by atoms with van der Waals surface area (Å²) in [5, 5.41) is 4.94. The molecule has 0 aliphatic carbocycles. The van der Waals surface area contributed by atoms with E-state index in [4.69, 9.17) is 29.6 Å². The molecule has 1 aromatic carbocycles. The first-order chi connectivity index (χ1) is 12.1. The molecule has 6 nitrogen and oxygen atoms in total. The number of aromatic nitrogens is 1. The van der Waals surface area contributed by atoms with Crippen LogP contribution in [0.1, 0.15) is 11.3 Å². The number of piperazine rings is 1. The van der Waals surface area contributed by atoms with E-state index in [1.807, 2.05) is 6.07 Å². The first-order valence-electron chi connectivity index (χ1n) is 7.88. The van der Waals surface area contributed by atoms with Crippen molar-refractivity contribution in [3.05, 3.63) is 45.9 Å². The maximum atomic E-state index is 6.25. The fraction of sp³-hybridized carbons (Fsp3) is 0.312. The Balaban J connectivity index is 1.56. The highest BCUT2D eigenvalue weighted by Gasteiger charge is 2.20. The third-order valence-corrected chi connectivity index (χ3v) is 5.29. The van der Waals surface area contributed by atoms with E-state index in [0.29, 0.717) is 10.0 Å². The molecule has 1 aromatic heterocycles. The minimum atomic E-state index is 0.109. The first-order valence-corrected chi connectivity index (χ1v) is 9.48. The van der Waals surface area contributed by atoms with Crippen molar-refractivity contribution in [3.8, 4) is 0 Å². The average molecular weight is 395 g/mol. The molecule has 0 unspecified atom stereocenters. The number of hydrazone groups is 1. The number of nitrogens with two attached hydrogens (primary N) is 1. The molecule has 0 saturated carbocycles. The lowest BCUT2D eigenvalue weighted by molar-refractivity contribution is 0.250. The highest BCUT2D eigenvalue weighted by atomic mass is 35.5. The third-order valence-electron chi connectivity index (χ3n) is 3.85. The van der Waals surface area contributed by atoms with Crippen LogP contribution in [0.5, 0.6) is 0 Å². The number of hydrogen-bond donors (Lipinski definition) is 2. The number of hydrogen-bond acceptors (Lipinski definition) is 6. The van der Waals surface area contributed by atoms with Crippen molar-refractivity contribution in [2.75, 3.05) is 31.1 Å². The fourth-order valence-electron chi connectivity index (χ4n) is 2.61. The molecule has 0 bridgehead atoms. The van der Waals surface area contributed by atoms with E-state index in [0.717, 1.165) is 37.9 Å². The van der Waals surface area contributed by atoms with Gasteiger partial charge in [0.05, 0.1) is 6.21 Å². The second-order valence-corrected chi connectivity index (χ2v) is 7.66. The van der Waals surface area contributed by atoms with Gasteiger partial charge in [0, 0.05) is 32.7 Å².